The number of thioether (sulfide) groups is 1. The Morgan fingerprint density at radius 1 is 1.30 bits per heavy atom. The van der Waals surface area contributed by atoms with Crippen molar-refractivity contribution in [3.05, 3.63) is 63.7 Å². The molecule has 1 unspecified atom stereocenters. The number of benzene rings is 2. The summed E-state index contributed by atoms with van der Waals surface area (Å²) in [4.78, 5) is 40.2. The van der Waals surface area contributed by atoms with E-state index in [-0.39, 0.29) is 39.6 Å². The SMILES string of the molecule is CC1(c2ccc(O)cc2)SCC(=O)N1C(=S)N=C1C(=O)Nc2cc([N+](=O)[O-])ccc21. The van der Waals surface area contributed by atoms with Crippen LogP contribution in [0.25, 0.3) is 0 Å². The number of phenolic OH excluding ortho intramolecular Hbond substituents is 1. The van der Waals surface area contributed by atoms with Gasteiger partial charge in [-0.05, 0) is 42.9 Å². The summed E-state index contributed by atoms with van der Waals surface area (Å²) in [7, 11) is 0. The highest BCUT2D eigenvalue weighted by Gasteiger charge is 2.46. The van der Waals surface area contributed by atoms with Gasteiger partial charge >= 0.3 is 0 Å². The van der Waals surface area contributed by atoms with Crippen molar-refractivity contribution in [2.45, 2.75) is 11.8 Å². The molecule has 0 aliphatic carbocycles. The smallest absolute Gasteiger partial charge is 0.275 e. The van der Waals surface area contributed by atoms with E-state index in [0.29, 0.717) is 5.56 Å². The minimum absolute atomic E-state index is 0.0114. The lowest BCUT2D eigenvalue weighted by atomic mass is 10.1. The Kier molecular flexibility index (Phi) is 4.79. The average Bonchev–Trinajstić information content (AvgIpc) is 3.18. The molecule has 0 saturated carbocycles. The van der Waals surface area contributed by atoms with Gasteiger partial charge in [-0.25, -0.2) is 4.99 Å². The highest BCUT2D eigenvalue weighted by molar-refractivity contribution is 8.01. The molecule has 30 heavy (non-hydrogen) atoms. The highest BCUT2D eigenvalue weighted by atomic mass is 32.2. The zero-order valence-corrected chi connectivity index (χ0v) is 17.1. The van der Waals surface area contributed by atoms with Gasteiger partial charge in [0, 0.05) is 17.7 Å². The minimum atomic E-state index is -0.862. The summed E-state index contributed by atoms with van der Waals surface area (Å²) in [5, 5.41) is 23.0. The number of aliphatic imine (C=N–C) groups is 1. The second-order valence-corrected chi connectivity index (χ2v) is 8.47. The number of aromatic hydroxyl groups is 1. The van der Waals surface area contributed by atoms with Gasteiger partial charge in [0.2, 0.25) is 11.0 Å². The second-order valence-electron chi connectivity index (χ2n) is 6.73. The Labute approximate surface area is 179 Å². The van der Waals surface area contributed by atoms with Crippen molar-refractivity contribution in [2.24, 2.45) is 4.99 Å². The molecule has 0 radical (unpaired) electrons. The van der Waals surface area contributed by atoms with Crippen molar-refractivity contribution in [1.82, 2.24) is 4.90 Å². The van der Waals surface area contributed by atoms with Crippen molar-refractivity contribution < 1.29 is 19.6 Å². The molecule has 2 aliphatic rings. The number of amides is 2. The molecule has 2 aliphatic heterocycles. The number of nitro benzene ring substituents is 1. The Balaban J connectivity index is 1.71. The number of nitrogens with zero attached hydrogens (tertiary/aromatic N) is 3. The van der Waals surface area contributed by atoms with Gasteiger partial charge in [-0.3, -0.25) is 24.6 Å². The van der Waals surface area contributed by atoms with Crippen LogP contribution in [0.1, 0.15) is 18.1 Å². The maximum absolute atomic E-state index is 12.6. The van der Waals surface area contributed by atoms with E-state index in [9.17, 15) is 24.8 Å². The first-order valence-electron chi connectivity index (χ1n) is 8.70. The van der Waals surface area contributed by atoms with Crippen LogP contribution in [0.3, 0.4) is 0 Å². The van der Waals surface area contributed by atoms with Gasteiger partial charge < -0.3 is 10.4 Å². The molecular formula is C19H14N4O5S2. The van der Waals surface area contributed by atoms with Crippen LogP contribution in [0.4, 0.5) is 11.4 Å². The Bertz CT molecular complexity index is 1150. The van der Waals surface area contributed by atoms with Gasteiger partial charge in [-0.2, -0.15) is 0 Å². The minimum Gasteiger partial charge on any atom is -0.508 e. The van der Waals surface area contributed by atoms with Crippen molar-refractivity contribution in [1.29, 1.82) is 0 Å². The van der Waals surface area contributed by atoms with E-state index >= 15 is 0 Å². The van der Waals surface area contributed by atoms with Crippen molar-refractivity contribution in [3.8, 4) is 5.75 Å². The van der Waals surface area contributed by atoms with Crippen LogP contribution in [0.2, 0.25) is 0 Å². The average molecular weight is 442 g/mol. The number of thiocarbonyl (C=S) groups is 1. The first kappa shape index (κ1) is 20.0. The first-order chi connectivity index (χ1) is 14.2. The molecule has 0 spiro atoms. The predicted molar refractivity (Wildman–Crippen MR) is 116 cm³/mol. The largest absolute Gasteiger partial charge is 0.508 e. The molecule has 1 saturated heterocycles. The van der Waals surface area contributed by atoms with E-state index in [4.69, 9.17) is 12.2 Å². The molecule has 152 valence electrons. The molecule has 1 atom stereocenters. The number of nitrogens with one attached hydrogen (secondary N) is 1. The number of non-ortho nitro benzene ring substituents is 1. The van der Waals surface area contributed by atoms with Gasteiger partial charge in [0.1, 0.15) is 16.3 Å². The van der Waals surface area contributed by atoms with Crippen LogP contribution in [-0.2, 0) is 14.5 Å². The summed E-state index contributed by atoms with van der Waals surface area (Å²) in [6, 6.07) is 10.4. The summed E-state index contributed by atoms with van der Waals surface area (Å²) < 4.78 is 0. The number of fused-ring (bicyclic) bond motifs is 1. The quantitative estimate of drug-likeness (QED) is 0.416. The van der Waals surface area contributed by atoms with Crippen LogP contribution in [0.5, 0.6) is 5.75 Å². The summed E-state index contributed by atoms with van der Waals surface area (Å²) >= 11 is 6.78. The number of carbonyl (C=O) groups is 2. The van der Waals surface area contributed by atoms with Crippen LogP contribution in [0, 0.1) is 10.1 Å². The lowest BCUT2D eigenvalue weighted by molar-refractivity contribution is -0.384. The van der Waals surface area contributed by atoms with Crippen LogP contribution in [-0.4, -0.2) is 43.3 Å². The molecule has 2 amide bonds. The van der Waals surface area contributed by atoms with Gasteiger partial charge in [0.05, 0.1) is 16.4 Å². The molecule has 2 heterocycles. The number of anilines is 1. The first-order valence-corrected chi connectivity index (χ1v) is 10.1. The lowest BCUT2D eigenvalue weighted by Gasteiger charge is -2.33. The fourth-order valence-electron chi connectivity index (χ4n) is 3.36. The predicted octanol–water partition coefficient (Wildman–Crippen LogP) is 2.77. The summed E-state index contributed by atoms with van der Waals surface area (Å²) in [5.74, 6) is -0.540. The standard InChI is InChI=1S/C19H14N4O5S2/c1-19(10-2-5-12(24)6-3-10)22(15(25)9-30-19)18(29)21-16-13-7-4-11(23(27)28)8-14(13)20-17(16)26/h2-8,24H,9H2,1H3,(H,20,21,26,29). The normalized spacial score (nSPS) is 21.6. The van der Waals surface area contributed by atoms with Gasteiger partial charge in [-0.15, -0.1) is 11.8 Å². The topological polar surface area (TPSA) is 125 Å². The lowest BCUT2D eigenvalue weighted by Crippen LogP contribution is -2.43. The Morgan fingerprint density at radius 2 is 2.00 bits per heavy atom. The number of carbonyl (C=O) groups excluding carboxylic acids is 2. The van der Waals surface area contributed by atoms with Crippen LogP contribution in [0.15, 0.2) is 47.5 Å². The van der Waals surface area contributed by atoms with Crippen LogP contribution < -0.4 is 5.32 Å². The monoisotopic (exact) mass is 442 g/mol. The summed E-state index contributed by atoms with van der Waals surface area (Å²) in [6.07, 6.45) is 0. The zero-order valence-electron chi connectivity index (χ0n) is 15.5. The van der Waals surface area contributed by atoms with Gasteiger partial charge in [0.15, 0.2) is 0 Å². The van der Waals surface area contributed by atoms with E-state index in [0.717, 1.165) is 5.56 Å². The molecule has 0 bridgehead atoms. The third-order valence-corrected chi connectivity index (χ3v) is 6.53. The molecule has 2 N–H and O–H groups in total. The second kappa shape index (κ2) is 7.18. The van der Waals surface area contributed by atoms with E-state index in [1.54, 1.807) is 12.1 Å². The molecule has 0 aromatic heterocycles. The molecular weight excluding hydrogens is 428 g/mol. The Morgan fingerprint density at radius 3 is 2.67 bits per heavy atom. The molecule has 2 aromatic carbocycles. The molecule has 4 rings (SSSR count). The molecule has 2 aromatic rings. The van der Waals surface area contributed by atoms with Crippen LogP contribution >= 0.6 is 24.0 Å². The number of hydrogen-bond acceptors (Lipinski definition) is 7. The maximum atomic E-state index is 12.6. The number of nitro groups is 1. The zero-order chi connectivity index (χ0) is 21.6. The maximum Gasteiger partial charge on any atom is 0.275 e. The van der Waals surface area contributed by atoms with E-state index in [1.165, 1.54) is 47.0 Å². The number of rotatable bonds is 2. The van der Waals surface area contributed by atoms with Gasteiger partial charge in [0.25, 0.3) is 11.6 Å². The summed E-state index contributed by atoms with van der Waals surface area (Å²) in [6.45, 7) is 1.81. The molecule has 9 nitrogen and oxygen atoms in total. The van der Waals surface area contributed by atoms with Crippen molar-refractivity contribution in [2.75, 3.05) is 11.1 Å². The van der Waals surface area contributed by atoms with E-state index in [2.05, 4.69) is 10.3 Å². The fraction of sp³-hybridized carbons (Fsp3) is 0.158. The van der Waals surface area contributed by atoms with Crippen molar-refractivity contribution >= 4 is 58.0 Å². The highest BCUT2D eigenvalue weighted by Crippen LogP contribution is 2.45. The Hall–Kier alpha value is -3.31. The number of phenols is 1. The summed E-state index contributed by atoms with van der Waals surface area (Å²) in [5.41, 5.74) is 1.20. The van der Waals surface area contributed by atoms with E-state index < -0.39 is 15.7 Å². The number of hydrogen-bond donors (Lipinski definition) is 2. The molecule has 11 heteroatoms. The van der Waals surface area contributed by atoms with E-state index in [1.807, 2.05) is 6.92 Å². The third-order valence-electron chi connectivity index (χ3n) is 4.89. The van der Waals surface area contributed by atoms with Gasteiger partial charge in [-0.1, -0.05) is 12.1 Å². The fourth-order valence-corrected chi connectivity index (χ4v) is 4.95. The van der Waals surface area contributed by atoms with Crippen molar-refractivity contribution in [3.63, 3.8) is 0 Å². The third kappa shape index (κ3) is 3.21. The molecule has 1 fully saturated rings.